The summed E-state index contributed by atoms with van der Waals surface area (Å²) in [5, 5.41) is 3.66. The van der Waals surface area contributed by atoms with Gasteiger partial charge in [-0.25, -0.2) is 0 Å². The number of rotatable bonds is 4. The SMILES string of the molecule is CCNC1c2ccccc2CCC1N(C)CC. The summed E-state index contributed by atoms with van der Waals surface area (Å²) in [5.74, 6) is 0. The van der Waals surface area contributed by atoms with Crippen LogP contribution in [0.5, 0.6) is 0 Å². The van der Waals surface area contributed by atoms with Crippen molar-refractivity contribution >= 4 is 0 Å². The van der Waals surface area contributed by atoms with Crippen LogP contribution in [-0.2, 0) is 6.42 Å². The molecule has 0 saturated carbocycles. The Balaban J connectivity index is 2.28. The van der Waals surface area contributed by atoms with E-state index < -0.39 is 0 Å². The number of benzene rings is 1. The highest BCUT2D eigenvalue weighted by molar-refractivity contribution is 5.34. The number of fused-ring (bicyclic) bond motifs is 1. The molecule has 0 heterocycles. The molecule has 2 nitrogen and oxygen atoms in total. The molecule has 0 aliphatic heterocycles. The van der Waals surface area contributed by atoms with Gasteiger partial charge in [0.15, 0.2) is 0 Å². The standard InChI is InChI=1S/C15H24N2/c1-4-16-15-13-9-7-6-8-12(13)10-11-14(15)17(3)5-2/h6-9,14-16H,4-5,10-11H2,1-3H3. The first-order chi connectivity index (χ1) is 8.27. The summed E-state index contributed by atoms with van der Waals surface area (Å²) in [7, 11) is 2.24. The molecule has 1 aromatic rings. The minimum absolute atomic E-state index is 0.495. The lowest BCUT2D eigenvalue weighted by molar-refractivity contribution is 0.181. The summed E-state index contributed by atoms with van der Waals surface area (Å²) in [6, 6.07) is 10.0. The van der Waals surface area contributed by atoms with Crippen molar-refractivity contribution in [3.63, 3.8) is 0 Å². The highest BCUT2D eigenvalue weighted by Crippen LogP contribution is 2.32. The van der Waals surface area contributed by atoms with Crippen LogP contribution in [0.25, 0.3) is 0 Å². The molecule has 1 aromatic carbocycles. The lowest BCUT2D eigenvalue weighted by atomic mass is 9.83. The monoisotopic (exact) mass is 232 g/mol. The molecule has 0 aromatic heterocycles. The van der Waals surface area contributed by atoms with Crippen molar-refractivity contribution in [2.24, 2.45) is 0 Å². The van der Waals surface area contributed by atoms with Crippen LogP contribution in [-0.4, -0.2) is 31.1 Å². The summed E-state index contributed by atoms with van der Waals surface area (Å²) in [5.41, 5.74) is 3.03. The van der Waals surface area contributed by atoms with E-state index in [4.69, 9.17) is 0 Å². The van der Waals surface area contributed by atoms with Gasteiger partial charge in [0.05, 0.1) is 0 Å². The molecule has 2 unspecified atom stereocenters. The van der Waals surface area contributed by atoms with Gasteiger partial charge in [-0.2, -0.15) is 0 Å². The van der Waals surface area contributed by atoms with Crippen molar-refractivity contribution in [2.75, 3.05) is 20.1 Å². The molecule has 0 spiro atoms. The molecule has 2 atom stereocenters. The number of aryl methyl sites for hydroxylation is 1. The van der Waals surface area contributed by atoms with Gasteiger partial charge < -0.3 is 10.2 Å². The topological polar surface area (TPSA) is 15.3 Å². The van der Waals surface area contributed by atoms with E-state index in [1.807, 2.05) is 0 Å². The summed E-state index contributed by atoms with van der Waals surface area (Å²) in [6.07, 6.45) is 2.48. The number of likely N-dealkylation sites (N-methyl/N-ethyl adjacent to an activating group) is 2. The maximum atomic E-state index is 3.66. The van der Waals surface area contributed by atoms with Gasteiger partial charge >= 0.3 is 0 Å². The third-order valence-electron chi connectivity index (χ3n) is 3.97. The fourth-order valence-corrected chi connectivity index (χ4v) is 2.92. The van der Waals surface area contributed by atoms with Crippen molar-refractivity contribution in [3.05, 3.63) is 35.4 Å². The number of nitrogens with one attached hydrogen (secondary N) is 1. The highest BCUT2D eigenvalue weighted by Gasteiger charge is 2.30. The third-order valence-corrected chi connectivity index (χ3v) is 3.97. The van der Waals surface area contributed by atoms with Crippen molar-refractivity contribution in [1.82, 2.24) is 10.2 Å². The molecular weight excluding hydrogens is 208 g/mol. The second kappa shape index (κ2) is 5.65. The van der Waals surface area contributed by atoms with Gasteiger partial charge in [0.25, 0.3) is 0 Å². The fraction of sp³-hybridized carbons (Fsp3) is 0.600. The molecule has 17 heavy (non-hydrogen) atoms. The van der Waals surface area contributed by atoms with Gasteiger partial charge in [0, 0.05) is 12.1 Å². The lowest BCUT2D eigenvalue weighted by Gasteiger charge is -2.39. The van der Waals surface area contributed by atoms with Crippen LogP contribution in [0.3, 0.4) is 0 Å². The van der Waals surface area contributed by atoms with Crippen molar-refractivity contribution < 1.29 is 0 Å². The van der Waals surface area contributed by atoms with Crippen molar-refractivity contribution in [1.29, 1.82) is 0 Å². The summed E-state index contributed by atoms with van der Waals surface area (Å²) in [6.45, 7) is 6.59. The second-order valence-electron chi connectivity index (χ2n) is 4.91. The van der Waals surface area contributed by atoms with Gasteiger partial charge in [-0.1, -0.05) is 38.1 Å². The van der Waals surface area contributed by atoms with E-state index in [1.54, 1.807) is 0 Å². The Kier molecular flexibility index (Phi) is 4.19. The fourth-order valence-electron chi connectivity index (χ4n) is 2.92. The molecule has 2 heteroatoms. The Morgan fingerprint density at radius 3 is 2.76 bits per heavy atom. The van der Waals surface area contributed by atoms with Crippen LogP contribution in [0, 0.1) is 0 Å². The molecule has 1 aliphatic carbocycles. The molecule has 1 N–H and O–H groups in total. The summed E-state index contributed by atoms with van der Waals surface area (Å²) >= 11 is 0. The van der Waals surface area contributed by atoms with Crippen LogP contribution >= 0.6 is 0 Å². The second-order valence-corrected chi connectivity index (χ2v) is 4.91. The largest absolute Gasteiger partial charge is 0.309 e. The molecule has 0 bridgehead atoms. The first-order valence-corrected chi connectivity index (χ1v) is 6.79. The van der Waals surface area contributed by atoms with E-state index in [2.05, 4.69) is 55.4 Å². The highest BCUT2D eigenvalue weighted by atomic mass is 15.2. The predicted octanol–water partition coefficient (Wildman–Crippen LogP) is 2.60. The van der Waals surface area contributed by atoms with Gasteiger partial charge in [0.2, 0.25) is 0 Å². The Morgan fingerprint density at radius 1 is 1.29 bits per heavy atom. The zero-order chi connectivity index (χ0) is 12.3. The van der Waals surface area contributed by atoms with E-state index in [0.29, 0.717) is 12.1 Å². The van der Waals surface area contributed by atoms with Crippen LogP contribution in [0.15, 0.2) is 24.3 Å². The molecular formula is C15H24N2. The molecule has 1 aliphatic rings. The molecule has 94 valence electrons. The Bertz CT molecular complexity index is 362. The van der Waals surface area contributed by atoms with Gasteiger partial charge in [-0.3, -0.25) is 0 Å². The average Bonchev–Trinajstić information content (AvgIpc) is 2.38. The van der Waals surface area contributed by atoms with Crippen LogP contribution in [0.4, 0.5) is 0 Å². The van der Waals surface area contributed by atoms with Gasteiger partial charge in [-0.15, -0.1) is 0 Å². The minimum atomic E-state index is 0.495. The van der Waals surface area contributed by atoms with E-state index in [9.17, 15) is 0 Å². The molecule has 0 fully saturated rings. The van der Waals surface area contributed by atoms with Crippen LogP contribution in [0.1, 0.15) is 37.4 Å². The molecule has 0 amide bonds. The van der Waals surface area contributed by atoms with Crippen molar-refractivity contribution in [3.8, 4) is 0 Å². The predicted molar refractivity (Wildman–Crippen MR) is 73.3 cm³/mol. The number of nitrogens with zero attached hydrogens (tertiary/aromatic N) is 1. The smallest absolute Gasteiger partial charge is 0.0480 e. The zero-order valence-corrected chi connectivity index (χ0v) is 11.2. The zero-order valence-electron chi connectivity index (χ0n) is 11.2. The maximum Gasteiger partial charge on any atom is 0.0480 e. The summed E-state index contributed by atoms with van der Waals surface area (Å²) < 4.78 is 0. The van der Waals surface area contributed by atoms with E-state index >= 15 is 0 Å². The Hall–Kier alpha value is -0.860. The Morgan fingerprint density at radius 2 is 2.06 bits per heavy atom. The van der Waals surface area contributed by atoms with E-state index in [-0.39, 0.29) is 0 Å². The first-order valence-electron chi connectivity index (χ1n) is 6.79. The van der Waals surface area contributed by atoms with Gasteiger partial charge in [-0.05, 0) is 44.1 Å². The normalized spacial score (nSPS) is 23.8. The first kappa shape index (κ1) is 12.6. The lowest BCUT2D eigenvalue weighted by Crippen LogP contribution is -2.45. The summed E-state index contributed by atoms with van der Waals surface area (Å²) in [4.78, 5) is 2.48. The minimum Gasteiger partial charge on any atom is -0.309 e. The quantitative estimate of drug-likeness (QED) is 0.858. The number of hydrogen-bond acceptors (Lipinski definition) is 2. The van der Waals surface area contributed by atoms with E-state index in [0.717, 1.165) is 13.1 Å². The van der Waals surface area contributed by atoms with Crippen molar-refractivity contribution in [2.45, 2.75) is 38.8 Å². The average molecular weight is 232 g/mol. The van der Waals surface area contributed by atoms with Crippen LogP contribution < -0.4 is 5.32 Å². The number of hydrogen-bond donors (Lipinski definition) is 1. The maximum absolute atomic E-state index is 3.66. The molecule has 2 rings (SSSR count). The van der Waals surface area contributed by atoms with E-state index in [1.165, 1.54) is 24.0 Å². The molecule has 0 saturated heterocycles. The molecule has 0 radical (unpaired) electrons. The Labute approximate surface area is 105 Å². The third kappa shape index (κ3) is 2.53. The van der Waals surface area contributed by atoms with Gasteiger partial charge in [0.1, 0.15) is 0 Å². The van der Waals surface area contributed by atoms with Crippen LogP contribution in [0.2, 0.25) is 0 Å².